The van der Waals surface area contributed by atoms with Crippen LogP contribution in [0.3, 0.4) is 0 Å². The molecule has 2 aromatic rings. The molecule has 0 fully saturated rings. The van der Waals surface area contributed by atoms with Crippen molar-refractivity contribution in [1.29, 1.82) is 0 Å². The summed E-state index contributed by atoms with van der Waals surface area (Å²) in [5, 5.41) is 10.9. The maximum atomic E-state index is 13.1. The molecular weight excluding hydrogens is 259 g/mol. The van der Waals surface area contributed by atoms with Gasteiger partial charge in [0.25, 0.3) is 5.69 Å². The molecule has 2 N–H and O–H groups in total. The number of nitro groups is 1. The lowest BCUT2D eigenvalue weighted by atomic mass is 9.99. The van der Waals surface area contributed by atoms with Crippen molar-refractivity contribution in [3.63, 3.8) is 0 Å². The maximum Gasteiger partial charge on any atom is 0.272 e. The Morgan fingerprint density at radius 1 is 1.15 bits per heavy atom. The second kappa shape index (κ2) is 6.25. The van der Waals surface area contributed by atoms with Crippen molar-refractivity contribution in [3.05, 3.63) is 75.6 Å². The minimum atomic E-state index is -0.412. The van der Waals surface area contributed by atoms with Gasteiger partial charge in [-0.3, -0.25) is 10.1 Å². The number of hydrogen-bond acceptors (Lipinski definition) is 3. The van der Waals surface area contributed by atoms with E-state index in [1.54, 1.807) is 30.3 Å². The number of rotatable bonds is 5. The fraction of sp³-hybridized carbons (Fsp3) is 0.200. The fourth-order valence-electron chi connectivity index (χ4n) is 2.18. The Kier molecular flexibility index (Phi) is 4.42. The molecular formula is C15H15FN2O2. The summed E-state index contributed by atoms with van der Waals surface area (Å²) in [6, 6.07) is 12.5. The van der Waals surface area contributed by atoms with Crippen molar-refractivity contribution in [2.24, 2.45) is 5.73 Å². The van der Waals surface area contributed by atoms with Crippen LogP contribution in [0, 0.1) is 15.9 Å². The third-order valence-corrected chi connectivity index (χ3v) is 3.06. The van der Waals surface area contributed by atoms with Gasteiger partial charge in [-0.15, -0.1) is 0 Å². The van der Waals surface area contributed by atoms with Crippen LogP contribution in [0.1, 0.15) is 11.1 Å². The van der Waals surface area contributed by atoms with Gasteiger partial charge in [0, 0.05) is 17.7 Å². The van der Waals surface area contributed by atoms with Gasteiger partial charge in [0.2, 0.25) is 0 Å². The standard InChI is InChI=1S/C15H15FN2O2/c16-13-6-3-4-11(8-13)9-14(17)10-12-5-1-2-7-15(12)18(19)20/h1-8,14H,9-10,17H2. The normalized spacial score (nSPS) is 12.1. The van der Waals surface area contributed by atoms with Gasteiger partial charge in [0.05, 0.1) is 4.92 Å². The zero-order chi connectivity index (χ0) is 14.5. The summed E-state index contributed by atoms with van der Waals surface area (Å²) in [6.07, 6.45) is 0.859. The molecule has 2 rings (SSSR count). The Morgan fingerprint density at radius 3 is 2.60 bits per heavy atom. The van der Waals surface area contributed by atoms with Crippen molar-refractivity contribution < 1.29 is 9.31 Å². The summed E-state index contributed by atoms with van der Waals surface area (Å²) in [6.45, 7) is 0. The SMILES string of the molecule is NC(Cc1cccc(F)c1)Cc1ccccc1[N+](=O)[O-]. The highest BCUT2D eigenvalue weighted by molar-refractivity contribution is 5.40. The molecule has 104 valence electrons. The largest absolute Gasteiger partial charge is 0.327 e. The number of nitrogens with zero attached hydrogens (tertiary/aromatic N) is 1. The molecule has 20 heavy (non-hydrogen) atoms. The number of halogens is 1. The van der Waals surface area contributed by atoms with Crippen molar-refractivity contribution in [3.8, 4) is 0 Å². The van der Waals surface area contributed by atoms with Crippen LogP contribution in [-0.4, -0.2) is 11.0 Å². The van der Waals surface area contributed by atoms with E-state index in [-0.39, 0.29) is 17.5 Å². The van der Waals surface area contributed by atoms with Crippen LogP contribution in [-0.2, 0) is 12.8 Å². The van der Waals surface area contributed by atoms with Gasteiger partial charge >= 0.3 is 0 Å². The average molecular weight is 274 g/mol. The Morgan fingerprint density at radius 2 is 1.90 bits per heavy atom. The molecule has 0 spiro atoms. The minimum Gasteiger partial charge on any atom is -0.327 e. The summed E-state index contributed by atoms with van der Waals surface area (Å²) in [5.41, 5.74) is 7.47. The number of nitrogens with two attached hydrogens (primary N) is 1. The van der Waals surface area contributed by atoms with E-state index in [4.69, 9.17) is 5.73 Å². The molecule has 0 saturated heterocycles. The summed E-state index contributed by atoms with van der Waals surface area (Å²) in [5.74, 6) is -0.305. The zero-order valence-corrected chi connectivity index (χ0v) is 10.8. The van der Waals surface area contributed by atoms with Crippen molar-refractivity contribution in [2.75, 3.05) is 0 Å². The molecule has 0 aliphatic carbocycles. The second-order valence-electron chi connectivity index (χ2n) is 4.68. The lowest BCUT2D eigenvalue weighted by molar-refractivity contribution is -0.385. The zero-order valence-electron chi connectivity index (χ0n) is 10.8. The molecule has 0 heterocycles. The molecule has 0 saturated carbocycles. The Bertz CT molecular complexity index is 616. The van der Waals surface area contributed by atoms with E-state index in [0.29, 0.717) is 18.4 Å². The van der Waals surface area contributed by atoms with Crippen LogP contribution in [0.15, 0.2) is 48.5 Å². The van der Waals surface area contributed by atoms with Crippen molar-refractivity contribution in [1.82, 2.24) is 0 Å². The number of hydrogen-bond donors (Lipinski definition) is 1. The quantitative estimate of drug-likeness (QED) is 0.673. The first-order valence-corrected chi connectivity index (χ1v) is 6.28. The van der Waals surface area contributed by atoms with Crippen molar-refractivity contribution >= 4 is 5.69 Å². The van der Waals surface area contributed by atoms with Gasteiger partial charge in [-0.1, -0.05) is 30.3 Å². The minimum absolute atomic E-state index is 0.0715. The summed E-state index contributed by atoms with van der Waals surface area (Å²) >= 11 is 0. The third-order valence-electron chi connectivity index (χ3n) is 3.06. The fourth-order valence-corrected chi connectivity index (χ4v) is 2.18. The molecule has 2 aromatic carbocycles. The van der Waals surface area contributed by atoms with E-state index in [2.05, 4.69) is 0 Å². The summed E-state index contributed by atoms with van der Waals surface area (Å²) in [4.78, 5) is 10.5. The van der Waals surface area contributed by atoms with Crippen LogP contribution in [0.25, 0.3) is 0 Å². The van der Waals surface area contributed by atoms with E-state index in [9.17, 15) is 14.5 Å². The van der Waals surface area contributed by atoms with Gasteiger partial charge in [-0.2, -0.15) is 0 Å². The lowest BCUT2D eigenvalue weighted by Crippen LogP contribution is -2.25. The summed E-state index contributed by atoms with van der Waals surface area (Å²) < 4.78 is 13.1. The monoisotopic (exact) mass is 274 g/mol. The molecule has 0 radical (unpaired) electrons. The summed E-state index contributed by atoms with van der Waals surface area (Å²) in [7, 11) is 0. The van der Waals surface area contributed by atoms with Crippen LogP contribution in [0.2, 0.25) is 0 Å². The second-order valence-corrected chi connectivity index (χ2v) is 4.68. The van der Waals surface area contributed by atoms with E-state index >= 15 is 0 Å². The molecule has 0 amide bonds. The van der Waals surface area contributed by atoms with Crippen LogP contribution < -0.4 is 5.73 Å². The first-order chi connectivity index (χ1) is 9.56. The molecule has 5 heteroatoms. The molecule has 1 atom stereocenters. The van der Waals surface area contributed by atoms with E-state index in [1.165, 1.54) is 18.2 Å². The van der Waals surface area contributed by atoms with Crippen LogP contribution >= 0.6 is 0 Å². The highest BCUT2D eigenvalue weighted by Crippen LogP contribution is 2.19. The highest BCUT2D eigenvalue weighted by Gasteiger charge is 2.15. The number of para-hydroxylation sites is 1. The lowest BCUT2D eigenvalue weighted by Gasteiger charge is -2.12. The van der Waals surface area contributed by atoms with E-state index < -0.39 is 4.92 Å². The number of nitro benzene ring substituents is 1. The van der Waals surface area contributed by atoms with Crippen LogP contribution in [0.5, 0.6) is 0 Å². The van der Waals surface area contributed by atoms with Crippen LogP contribution in [0.4, 0.5) is 10.1 Å². The maximum absolute atomic E-state index is 13.1. The Labute approximate surface area is 116 Å². The van der Waals surface area contributed by atoms with Crippen molar-refractivity contribution in [2.45, 2.75) is 18.9 Å². The molecule has 4 nitrogen and oxygen atoms in total. The predicted octanol–water partition coefficient (Wildman–Crippen LogP) is 2.85. The third kappa shape index (κ3) is 3.61. The van der Waals surface area contributed by atoms with Gasteiger partial charge in [-0.05, 0) is 30.5 Å². The Hall–Kier alpha value is -2.27. The first kappa shape index (κ1) is 14.1. The molecule has 0 aliphatic heterocycles. The molecule has 0 aliphatic rings. The first-order valence-electron chi connectivity index (χ1n) is 6.28. The van der Waals surface area contributed by atoms with E-state index in [0.717, 1.165) is 5.56 Å². The van der Waals surface area contributed by atoms with Gasteiger partial charge < -0.3 is 5.73 Å². The predicted molar refractivity (Wildman–Crippen MR) is 74.9 cm³/mol. The number of benzene rings is 2. The molecule has 1 unspecified atom stereocenters. The van der Waals surface area contributed by atoms with Gasteiger partial charge in [0.1, 0.15) is 5.82 Å². The molecule has 0 bridgehead atoms. The highest BCUT2D eigenvalue weighted by atomic mass is 19.1. The Balaban J connectivity index is 2.08. The van der Waals surface area contributed by atoms with Gasteiger partial charge in [0.15, 0.2) is 0 Å². The topological polar surface area (TPSA) is 69.2 Å². The smallest absolute Gasteiger partial charge is 0.272 e. The van der Waals surface area contributed by atoms with E-state index in [1.807, 2.05) is 0 Å². The average Bonchev–Trinajstić information content (AvgIpc) is 2.38. The van der Waals surface area contributed by atoms with Gasteiger partial charge in [-0.25, -0.2) is 4.39 Å². The molecule has 0 aromatic heterocycles.